The fourth-order valence-electron chi connectivity index (χ4n) is 8.75. The molecule has 6 atom stereocenters. The number of carbonyl (C=O) groups is 3. The van der Waals surface area contributed by atoms with E-state index in [2.05, 4.69) is 31.2 Å². The summed E-state index contributed by atoms with van der Waals surface area (Å²) in [6, 6.07) is 11.4. The van der Waals surface area contributed by atoms with E-state index >= 15 is 0 Å². The average molecular weight is 806 g/mol. The molecule has 3 heterocycles. The minimum Gasteiger partial charge on any atom is -0.490 e. The monoisotopic (exact) mass is 805 g/mol. The van der Waals surface area contributed by atoms with E-state index in [1.807, 2.05) is 39.0 Å². The molecule has 1 unspecified atom stereocenters. The van der Waals surface area contributed by atoms with E-state index in [4.69, 9.17) is 25.8 Å². The Kier molecular flexibility index (Phi) is 11.6. The molecule has 12 nitrogen and oxygen atoms in total. The molecule has 2 aliphatic heterocycles. The lowest BCUT2D eigenvalue weighted by atomic mass is 9.68. The number of aryl methyl sites for hydroxylation is 2. The Morgan fingerprint density at radius 1 is 1.18 bits per heavy atom. The van der Waals surface area contributed by atoms with E-state index in [1.165, 1.54) is 29.1 Å². The van der Waals surface area contributed by atoms with Gasteiger partial charge in [0.15, 0.2) is 0 Å². The highest BCUT2D eigenvalue weighted by atomic mass is 35.5. The highest BCUT2D eigenvalue weighted by Crippen LogP contribution is 2.47. The molecule has 2 bridgehead atoms. The maximum atomic E-state index is 14.7. The van der Waals surface area contributed by atoms with Crippen molar-refractivity contribution in [3.63, 3.8) is 0 Å². The van der Waals surface area contributed by atoms with Crippen LogP contribution in [0.3, 0.4) is 0 Å². The summed E-state index contributed by atoms with van der Waals surface area (Å²) in [6.45, 7) is 7.63. The van der Waals surface area contributed by atoms with Crippen molar-refractivity contribution in [2.24, 2.45) is 35.1 Å². The Morgan fingerprint density at radius 3 is 2.75 bits per heavy atom. The molecule has 1 spiro atoms. The third-order valence-corrected chi connectivity index (χ3v) is 13.8. The Bertz CT molecular complexity index is 2160. The van der Waals surface area contributed by atoms with Crippen molar-refractivity contribution in [1.29, 1.82) is 0 Å². The lowest BCUT2D eigenvalue weighted by Gasteiger charge is -2.46. The number of rotatable bonds is 6. The zero-order valence-corrected chi connectivity index (χ0v) is 34.4. The Balaban J connectivity index is 1.31. The molecule has 1 aromatic heterocycles. The highest BCUT2D eigenvalue weighted by molar-refractivity contribution is 7.92. The van der Waals surface area contributed by atoms with Crippen molar-refractivity contribution < 1.29 is 32.8 Å². The van der Waals surface area contributed by atoms with E-state index in [-0.39, 0.29) is 57.8 Å². The summed E-state index contributed by atoms with van der Waals surface area (Å²) in [7, 11) is -0.642. The Labute approximate surface area is 334 Å². The third-order valence-electron chi connectivity index (χ3n) is 11.6. The lowest BCUT2D eigenvalue weighted by molar-refractivity contribution is -0.153. The van der Waals surface area contributed by atoms with Gasteiger partial charge in [-0.25, -0.2) is 4.21 Å². The standard InChI is InChI=1S/C42H52ClN5O7S/c1-26(2)18-38(49)55-36-10-6-8-27(3)23-56(52,46-40(51)33-22-47(4)44-41(33)53-5)45-39(50)29-12-16-37-35(20-29)48(21-30-11-14-32(30)36)24-42(25-54-37)17-7-9-28-19-31(43)13-15-34(28)42/h6,10,12-13,15-16,19-20,22,26-27,30,32,36H,7-9,11,14,17-18,21,23-25H2,1-5H3,(H,45,46,50,51,52)/b10-6-/t27-,30-,32+,36-,42-,56?/m0/s1. The van der Waals surface area contributed by atoms with Crippen molar-refractivity contribution in [2.75, 3.05) is 37.5 Å². The number of aromatic nitrogens is 2. The van der Waals surface area contributed by atoms with E-state index < -0.39 is 27.8 Å². The summed E-state index contributed by atoms with van der Waals surface area (Å²) in [5.74, 6) is -0.883. The summed E-state index contributed by atoms with van der Waals surface area (Å²) in [6.07, 6.45) is 10.5. The number of carbonyl (C=O) groups excluding carboxylic acids is 3. The minimum atomic E-state index is -3.67. The molecule has 1 N–H and O–H groups in total. The predicted octanol–water partition coefficient (Wildman–Crippen LogP) is 7.09. The van der Waals surface area contributed by atoms with Crippen LogP contribution in [-0.4, -0.2) is 70.4 Å². The molecule has 2 aromatic carbocycles. The van der Waals surface area contributed by atoms with Gasteiger partial charge in [-0.05, 0) is 104 Å². The summed E-state index contributed by atoms with van der Waals surface area (Å²) in [4.78, 5) is 43.2. The van der Waals surface area contributed by atoms with Gasteiger partial charge < -0.3 is 19.1 Å². The number of ether oxygens (including phenoxy) is 3. The third kappa shape index (κ3) is 8.49. The van der Waals surface area contributed by atoms with Crippen LogP contribution in [0.1, 0.15) is 91.1 Å². The van der Waals surface area contributed by atoms with Crippen LogP contribution in [0.15, 0.2) is 59.1 Å². The van der Waals surface area contributed by atoms with Crippen LogP contribution in [0.25, 0.3) is 0 Å². The van der Waals surface area contributed by atoms with E-state index in [9.17, 15) is 18.6 Å². The van der Waals surface area contributed by atoms with Gasteiger partial charge in [-0.2, -0.15) is 0 Å². The zero-order chi connectivity index (χ0) is 39.8. The summed E-state index contributed by atoms with van der Waals surface area (Å²) in [5.41, 5.74) is 3.16. The van der Waals surface area contributed by atoms with Gasteiger partial charge in [-0.1, -0.05) is 44.5 Å². The molecule has 1 fully saturated rings. The van der Waals surface area contributed by atoms with Gasteiger partial charge in [0.05, 0.1) is 25.2 Å². The first-order chi connectivity index (χ1) is 26.7. The highest BCUT2D eigenvalue weighted by Gasteiger charge is 2.45. The summed E-state index contributed by atoms with van der Waals surface area (Å²) in [5, 5.41) is 4.86. The molecule has 3 aromatic rings. The molecule has 2 aliphatic carbocycles. The van der Waals surface area contributed by atoms with Gasteiger partial charge in [-0.15, -0.1) is 9.46 Å². The van der Waals surface area contributed by atoms with Crippen LogP contribution in [0.4, 0.5) is 5.69 Å². The van der Waals surface area contributed by atoms with Crippen molar-refractivity contribution >= 4 is 45.0 Å². The smallest absolute Gasteiger partial charge is 0.306 e. The van der Waals surface area contributed by atoms with Gasteiger partial charge in [0, 0.05) is 54.7 Å². The van der Waals surface area contributed by atoms with Crippen LogP contribution in [-0.2, 0) is 38.3 Å². The zero-order valence-electron chi connectivity index (χ0n) is 32.8. The number of hydrogen-bond donors (Lipinski definition) is 1. The molecule has 0 radical (unpaired) electrons. The van der Waals surface area contributed by atoms with Gasteiger partial charge in [-0.3, -0.25) is 23.8 Å². The molecule has 56 heavy (non-hydrogen) atoms. The molecule has 300 valence electrons. The summed E-state index contributed by atoms with van der Waals surface area (Å²) < 4.78 is 41.2. The number of benzene rings is 2. The Morgan fingerprint density at radius 2 is 2.00 bits per heavy atom. The van der Waals surface area contributed by atoms with Crippen LogP contribution in [0.2, 0.25) is 5.02 Å². The number of nitrogens with one attached hydrogen (secondary N) is 1. The largest absolute Gasteiger partial charge is 0.490 e. The molecule has 7 rings (SSSR count). The second-order valence-corrected chi connectivity index (χ2v) is 18.9. The fourth-order valence-corrected chi connectivity index (χ4v) is 10.8. The first kappa shape index (κ1) is 39.9. The number of methoxy groups -OCH3 is 1. The average Bonchev–Trinajstić information content (AvgIpc) is 3.44. The fraction of sp³-hybridized carbons (Fsp3) is 0.524. The molecular formula is C42H52ClN5O7S. The number of halogens is 1. The topological polar surface area (TPSA) is 141 Å². The van der Waals surface area contributed by atoms with Gasteiger partial charge in [0.2, 0.25) is 5.88 Å². The van der Waals surface area contributed by atoms with E-state index in [1.54, 1.807) is 25.2 Å². The van der Waals surface area contributed by atoms with Crippen LogP contribution >= 0.6 is 11.6 Å². The molecule has 14 heteroatoms. The van der Waals surface area contributed by atoms with Gasteiger partial charge in [0.1, 0.15) is 27.3 Å². The van der Waals surface area contributed by atoms with Crippen molar-refractivity contribution in [2.45, 2.75) is 77.2 Å². The number of hydrogen-bond acceptors (Lipinski definition) is 9. The molecule has 1 saturated carbocycles. The SMILES string of the molecule is COc1nn(C)cc1C(=O)NS1(=O)=NC(=O)c2ccc3c(c2)N(C[C@@H]2CC[C@H]2[C@@H](OC(=O)CC(C)C)/C=C\C[C@H](C)C1)C[C@@]1(CCCc2cc(Cl)ccc21)CO3. The number of fused-ring (bicyclic) bond motifs is 4. The van der Waals surface area contributed by atoms with Crippen molar-refractivity contribution in [3.8, 4) is 11.6 Å². The number of anilines is 1. The number of esters is 1. The molecule has 0 saturated heterocycles. The van der Waals surface area contributed by atoms with Crippen LogP contribution < -0.4 is 19.1 Å². The first-order valence-electron chi connectivity index (χ1n) is 19.6. The van der Waals surface area contributed by atoms with Crippen LogP contribution in [0, 0.1) is 23.7 Å². The quantitative estimate of drug-likeness (QED) is 0.204. The van der Waals surface area contributed by atoms with Gasteiger partial charge >= 0.3 is 5.97 Å². The second kappa shape index (κ2) is 16.2. The molecule has 2 amide bonds. The molecule has 4 aliphatic rings. The first-order valence-corrected chi connectivity index (χ1v) is 21.7. The number of nitrogens with zero attached hydrogens (tertiary/aromatic N) is 4. The maximum absolute atomic E-state index is 14.7. The minimum absolute atomic E-state index is 0.0585. The van der Waals surface area contributed by atoms with Crippen molar-refractivity contribution in [1.82, 2.24) is 14.5 Å². The van der Waals surface area contributed by atoms with Crippen molar-refractivity contribution in [3.05, 3.63) is 82.0 Å². The van der Waals surface area contributed by atoms with E-state index in [0.717, 1.165) is 37.8 Å². The van der Waals surface area contributed by atoms with Crippen LogP contribution in [0.5, 0.6) is 11.6 Å². The Hall–Kier alpha value is -4.36. The lowest BCUT2D eigenvalue weighted by Crippen LogP contribution is -2.50. The predicted molar refractivity (Wildman–Crippen MR) is 216 cm³/mol. The van der Waals surface area contributed by atoms with Gasteiger partial charge in [0.25, 0.3) is 11.8 Å². The van der Waals surface area contributed by atoms with E-state index in [0.29, 0.717) is 43.3 Å². The number of amides is 2. The summed E-state index contributed by atoms with van der Waals surface area (Å²) >= 11 is 6.48. The number of allylic oxidation sites excluding steroid dienone is 1. The second-order valence-electron chi connectivity index (χ2n) is 16.5. The normalized spacial score (nSPS) is 28.1. The molecular weight excluding hydrogens is 754 g/mol. The maximum Gasteiger partial charge on any atom is 0.306 e.